The Labute approximate surface area is 80.2 Å². The Morgan fingerprint density at radius 1 is 1.54 bits per heavy atom. The first kappa shape index (κ1) is 8.38. The molecule has 0 N–H and O–H groups in total. The normalized spacial score (nSPS) is 10.5. The van der Waals surface area contributed by atoms with Gasteiger partial charge in [0.15, 0.2) is 0 Å². The molecule has 2 rings (SSSR count). The van der Waals surface area contributed by atoms with E-state index < -0.39 is 0 Å². The first-order valence-electron chi connectivity index (χ1n) is 4.07. The molecule has 0 bridgehead atoms. The fourth-order valence-corrected chi connectivity index (χ4v) is 1.96. The monoisotopic (exact) mass is 191 g/mol. The second-order valence-electron chi connectivity index (χ2n) is 3.03. The van der Waals surface area contributed by atoms with Crippen molar-refractivity contribution in [3.8, 4) is 0 Å². The number of thiazole rings is 1. The van der Waals surface area contributed by atoms with Crippen LogP contribution in [0.25, 0.3) is 10.2 Å². The molecular weight excluding hydrogens is 182 g/mol. The molecule has 0 radical (unpaired) electrons. The molecule has 0 amide bonds. The van der Waals surface area contributed by atoms with Gasteiger partial charge in [0.25, 0.3) is 0 Å². The highest BCUT2D eigenvalue weighted by molar-refractivity contribution is 7.16. The van der Waals surface area contributed by atoms with Gasteiger partial charge in [0.05, 0.1) is 15.7 Å². The van der Waals surface area contributed by atoms with Crippen LogP contribution in [-0.4, -0.2) is 10.8 Å². The van der Waals surface area contributed by atoms with E-state index in [2.05, 4.69) is 4.98 Å². The SMILES string of the molecule is CC(=O)Cc1ccc2scnc2c1. The van der Waals surface area contributed by atoms with E-state index in [1.165, 1.54) is 4.70 Å². The molecule has 0 atom stereocenters. The van der Waals surface area contributed by atoms with Gasteiger partial charge in [-0.1, -0.05) is 6.07 Å². The van der Waals surface area contributed by atoms with E-state index in [-0.39, 0.29) is 5.78 Å². The van der Waals surface area contributed by atoms with Gasteiger partial charge < -0.3 is 0 Å². The second-order valence-corrected chi connectivity index (χ2v) is 3.92. The minimum Gasteiger partial charge on any atom is -0.300 e. The van der Waals surface area contributed by atoms with Gasteiger partial charge in [-0.3, -0.25) is 4.79 Å². The number of benzene rings is 1. The maximum absolute atomic E-state index is 10.9. The van der Waals surface area contributed by atoms with Crippen LogP contribution in [-0.2, 0) is 11.2 Å². The zero-order valence-corrected chi connectivity index (χ0v) is 8.10. The van der Waals surface area contributed by atoms with Crippen LogP contribution in [0.1, 0.15) is 12.5 Å². The zero-order chi connectivity index (χ0) is 9.26. The molecule has 1 heterocycles. The van der Waals surface area contributed by atoms with Crippen molar-refractivity contribution in [1.82, 2.24) is 4.98 Å². The Morgan fingerprint density at radius 3 is 3.15 bits per heavy atom. The molecule has 13 heavy (non-hydrogen) atoms. The van der Waals surface area contributed by atoms with Gasteiger partial charge >= 0.3 is 0 Å². The average molecular weight is 191 g/mol. The van der Waals surface area contributed by atoms with Crippen molar-refractivity contribution in [2.75, 3.05) is 0 Å². The number of carbonyl (C=O) groups is 1. The first-order chi connectivity index (χ1) is 6.25. The molecular formula is C10H9NOS. The zero-order valence-electron chi connectivity index (χ0n) is 7.28. The Morgan fingerprint density at radius 2 is 2.38 bits per heavy atom. The number of nitrogens with zero attached hydrogens (tertiary/aromatic N) is 1. The van der Waals surface area contributed by atoms with Crippen LogP contribution in [0.5, 0.6) is 0 Å². The standard InChI is InChI=1S/C10H9NOS/c1-7(12)4-8-2-3-10-9(5-8)11-6-13-10/h2-3,5-6H,4H2,1H3. The summed E-state index contributed by atoms with van der Waals surface area (Å²) in [6.07, 6.45) is 0.507. The predicted octanol–water partition coefficient (Wildman–Crippen LogP) is 2.43. The molecule has 2 aromatic rings. The second kappa shape index (κ2) is 3.26. The van der Waals surface area contributed by atoms with Gasteiger partial charge in [0.1, 0.15) is 5.78 Å². The van der Waals surface area contributed by atoms with Gasteiger partial charge in [0.2, 0.25) is 0 Å². The van der Waals surface area contributed by atoms with Gasteiger partial charge in [-0.2, -0.15) is 0 Å². The van der Waals surface area contributed by atoms with Crippen LogP contribution in [0.15, 0.2) is 23.7 Å². The summed E-state index contributed by atoms with van der Waals surface area (Å²) in [4.78, 5) is 15.1. The molecule has 66 valence electrons. The molecule has 3 heteroatoms. The highest BCUT2D eigenvalue weighted by Crippen LogP contribution is 2.18. The summed E-state index contributed by atoms with van der Waals surface area (Å²) in [5.74, 6) is 0.189. The maximum atomic E-state index is 10.9. The first-order valence-corrected chi connectivity index (χ1v) is 4.95. The van der Waals surface area contributed by atoms with Gasteiger partial charge in [-0.15, -0.1) is 11.3 Å². The molecule has 0 unspecified atom stereocenters. The molecule has 0 spiro atoms. The fraction of sp³-hybridized carbons (Fsp3) is 0.200. The Kier molecular flexibility index (Phi) is 2.10. The highest BCUT2D eigenvalue weighted by Gasteiger charge is 2.00. The molecule has 1 aromatic carbocycles. The fourth-order valence-electron chi connectivity index (χ4n) is 1.30. The highest BCUT2D eigenvalue weighted by atomic mass is 32.1. The number of aromatic nitrogens is 1. The average Bonchev–Trinajstić information content (AvgIpc) is 2.49. The van der Waals surface area contributed by atoms with Gasteiger partial charge in [-0.25, -0.2) is 4.98 Å². The van der Waals surface area contributed by atoms with E-state index in [0.717, 1.165) is 11.1 Å². The smallest absolute Gasteiger partial charge is 0.134 e. The minimum absolute atomic E-state index is 0.189. The van der Waals surface area contributed by atoms with Crippen LogP contribution in [0.2, 0.25) is 0 Å². The van der Waals surface area contributed by atoms with Crippen LogP contribution in [0.3, 0.4) is 0 Å². The van der Waals surface area contributed by atoms with Crippen molar-refractivity contribution in [3.05, 3.63) is 29.3 Å². The molecule has 0 fully saturated rings. The van der Waals surface area contributed by atoms with Crippen molar-refractivity contribution >= 4 is 27.3 Å². The third kappa shape index (κ3) is 1.75. The van der Waals surface area contributed by atoms with Crippen LogP contribution in [0.4, 0.5) is 0 Å². The molecule has 0 aliphatic heterocycles. The van der Waals surface area contributed by atoms with Crippen molar-refractivity contribution in [2.45, 2.75) is 13.3 Å². The number of hydrogen-bond donors (Lipinski definition) is 0. The lowest BCUT2D eigenvalue weighted by Gasteiger charge is -1.96. The van der Waals surface area contributed by atoms with E-state index >= 15 is 0 Å². The van der Waals surface area contributed by atoms with Crippen molar-refractivity contribution in [1.29, 1.82) is 0 Å². The summed E-state index contributed by atoms with van der Waals surface area (Å²) in [6, 6.07) is 5.99. The van der Waals surface area contributed by atoms with E-state index in [1.54, 1.807) is 18.3 Å². The summed E-state index contributed by atoms with van der Waals surface area (Å²) in [7, 11) is 0. The van der Waals surface area contributed by atoms with Crippen LogP contribution in [0, 0.1) is 0 Å². The molecule has 0 saturated heterocycles. The van der Waals surface area contributed by atoms with E-state index in [1.807, 2.05) is 23.7 Å². The lowest BCUT2D eigenvalue weighted by molar-refractivity contribution is -0.116. The molecule has 0 saturated carbocycles. The van der Waals surface area contributed by atoms with E-state index in [4.69, 9.17) is 0 Å². The minimum atomic E-state index is 0.189. The summed E-state index contributed by atoms with van der Waals surface area (Å²) in [5, 5.41) is 0. The van der Waals surface area contributed by atoms with Crippen LogP contribution < -0.4 is 0 Å². The number of hydrogen-bond acceptors (Lipinski definition) is 3. The maximum Gasteiger partial charge on any atom is 0.134 e. The number of fused-ring (bicyclic) bond motifs is 1. The van der Waals surface area contributed by atoms with Crippen molar-refractivity contribution in [2.24, 2.45) is 0 Å². The number of ketones is 1. The topological polar surface area (TPSA) is 30.0 Å². The molecule has 0 aliphatic carbocycles. The Hall–Kier alpha value is -1.22. The predicted molar refractivity (Wildman–Crippen MR) is 54.0 cm³/mol. The number of carbonyl (C=O) groups excluding carboxylic acids is 1. The van der Waals surface area contributed by atoms with Gasteiger partial charge in [-0.05, 0) is 24.6 Å². The number of rotatable bonds is 2. The number of Topliss-reactive ketones (excluding diaryl/α,β-unsaturated/α-hetero) is 1. The van der Waals surface area contributed by atoms with Crippen molar-refractivity contribution < 1.29 is 4.79 Å². The third-order valence-corrected chi connectivity index (χ3v) is 2.66. The largest absolute Gasteiger partial charge is 0.300 e. The summed E-state index contributed by atoms with van der Waals surface area (Å²) >= 11 is 1.62. The Balaban J connectivity index is 2.42. The van der Waals surface area contributed by atoms with E-state index in [9.17, 15) is 4.79 Å². The summed E-state index contributed by atoms with van der Waals surface area (Å²) in [6.45, 7) is 1.60. The quantitative estimate of drug-likeness (QED) is 0.729. The lowest BCUT2D eigenvalue weighted by Crippen LogP contribution is -1.95. The van der Waals surface area contributed by atoms with Crippen LogP contribution >= 0.6 is 11.3 Å². The third-order valence-electron chi connectivity index (χ3n) is 1.85. The molecule has 0 aliphatic rings. The van der Waals surface area contributed by atoms with E-state index in [0.29, 0.717) is 6.42 Å². The Bertz CT molecular complexity index is 447. The molecule has 1 aromatic heterocycles. The van der Waals surface area contributed by atoms with Crippen molar-refractivity contribution in [3.63, 3.8) is 0 Å². The summed E-state index contributed by atoms with van der Waals surface area (Å²) in [5.41, 5.74) is 3.86. The van der Waals surface area contributed by atoms with Gasteiger partial charge in [0, 0.05) is 6.42 Å². The molecule has 2 nitrogen and oxygen atoms in total. The lowest BCUT2D eigenvalue weighted by atomic mass is 10.1. The summed E-state index contributed by atoms with van der Waals surface area (Å²) < 4.78 is 1.17.